The Hall–Kier alpha value is -2.97. The van der Waals surface area contributed by atoms with Crippen molar-refractivity contribution in [2.24, 2.45) is 0 Å². The molecule has 0 saturated carbocycles. The number of nitro benzene ring substituents is 1. The highest BCUT2D eigenvalue weighted by atomic mass is 16.6. The lowest BCUT2D eigenvalue weighted by Gasteiger charge is -2.12. The van der Waals surface area contributed by atoms with Crippen molar-refractivity contribution in [1.29, 1.82) is 0 Å². The van der Waals surface area contributed by atoms with Gasteiger partial charge in [0.15, 0.2) is 0 Å². The minimum Gasteiger partial charge on any atom is -0.424 e. The monoisotopic (exact) mass is 290 g/mol. The first-order valence-electron chi connectivity index (χ1n) is 6.03. The maximum atomic E-state index is 10.6. The summed E-state index contributed by atoms with van der Waals surface area (Å²) in [4.78, 5) is 24.2. The molecule has 110 valence electrons. The number of aromatic nitrogens is 3. The van der Waals surface area contributed by atoms with Gasteiger partial charge < -0.3 is 15.0 Å². The van der Waals surface area contributed by atoms with Gasteiger partial charge in [0.05, 0.1) is 4.92 Å². The van der Waals surface area contributed by atoms with Crippen molar-refractivity contribution in [3.8, 4) is 11.8 Å². The van der Waals surface area contributed by atoms with Crippen LogP contribution in [0.25, 0.3) is 0 Å². The summed E-state index contributed by atoms with van der Waals surface area (Å²) in [6.07, 6.45) is 0. The first-order valence-corrected chi connectivity index (χ1v) is 6.03. The van der Waals surface area contributed by atoms with Crippen molar-refractivity contribution in [2.75, 3.05) is 31.4 Å². The summed E-state index contributed by atoms with van der Waals surface area (Å²) in [7, 11) is 5.28. The molecular weight excluding hydrogens is 276 g/mol. The van der Waals surface area contributed by atoms with E-state index in [1.165, 1.54) is 24.3 Å². The maximum absolute atomic E-state index is 10.6. The predicted octanol–water partition coefficient (Wildman–Crippen LogP) is 1.68. The highest BCUT2D eigenvalue weighted by Gasteiger charge is 2.10. The zero-order valence-corrected chi connectivity index (χ0v) is 11.8. The van der Waals surface area contributed by atoms with Gasteiger partial charge in [0.2, 0.25) is 11.9 Å². The molecule has 1 heterocycles. The van der Waals surface area contributed by atoms with Crippen molar-refractivity contribution in [2.45, 2.75) is 0 Å². The summed E-state index contributed by atoms with van der Waals surface area (Å²) >= 11 is 0. The van der Waals surface area contributed by atoms with Gasteiger partial charge >= 0.3 is 6.01 Å². The number of nitrogens with one attached hydrogen (secondary N) is 1. The smallest absolute Gasteiger partial charge is 0.328 e. The molecular formula is C12H14N6O3. The normalized spacial score (nSPS) is 10.0. The van der Waals surface area contributed by atoms with Crippen LogP contribution in [-0.2, 0) is 0 Å². The number of ether oxygens (including phenoxy) is 1. The van der Waals surface area contributed by atoms with E-state index in [0.29, 0.717) is 17.6 Å². The van der Waals surface area contributed by atoms with Crippen molar-refractivity contribution < 1.29 is 9.66 Å². The highest BCUT2D eigenvalue weighted by molar-refractivity contribution is 5.39. The second-order valence-electron chi connectivity index (χ2n) is 4.24. The third-order valence-electron chi connectivity index (χ3n) is 2.48. The summed E-state index contributed by atoms with van der Waals surface area (Å²) in [6.45, 7) is 0. The van der Waals surface area contributed by atoms with E-state index in [0.717, 1.165) is 0 Å². The molecule has 0 atom stereocenters. The van der Waals surface area contributed by atoms with Crippen LogP contribution in [0.3, 0.4) is 0 Å². The Kier molecular flexibility index (Phi) is 4.12. The van der Waals surface area contributed by atoms with Gasteiger partial charge in [0, 0.05) is 33.3 Å². The van der Waals surface area contributed by atoms with E-state index >= 15 is 0 Å². The second kappa shape index (κ2) is 5.99. The molecule has 2 rings (SSSR count). The average molecular weight is 290 g/mol. The van der Waals surface area contributed by atoms with Gasteiger partial charge in [-0.2, -0.15) is 15.0 Å². The Morgan fingerprint density at radius 2 is 1.86 bits per heavy atom. The molecule has 0 aliphatic carbocycles. The van der Waals surface area contributed by atoms with E-state index in [-0.39, 0.29) is 11.7 Å². The third kappa shape index (κ3) is 3.53. The zero-order chi connectivity index (χ0) is 15.4. The fourth-order valence-corrected chi connectivity index (χ4v) is 1.44. The zero-order valence-electron chi connectivity index (χ0n) is 11.8. The van der Waals surface area contributed by atoms with Gasteiger partial charge in [0.1, 0.15) is 5.75 Å². The minimum absolute atomic E-state index is 0.0112. The van der Waals surface area contributed by atoms with Gasteiger partial charge in [-0.25, -0.2) is 0 Å². The molecule has 0 aliphatic heterocycles. The Labute approximate surface area is 120 Å². The SMILES string of the molecule is CNc1nc(Oc2ccc([N+](=O)[O-])cc2)nc(N(C)C)n1. The van der Waals surface area contributed by atoms with Gasteiger partial charge in [-0.1, -0.05) is 0 Å². The predicted molar refractivity (Wildman–Crippen MR) is 76.9 cm³/mol. The molecule has 0 bridgehead atoms. The fraction of sp³-hybridized carbons (Fsp3) is 0.250. The number of nitrogens with zero attached hydrogens (tertiary/aromatic N) is 5. The molecule has 0 aliphatic rings. The van der Waals surface area contributed by atoms with Crippen molar-refractivity contribution in [3.05, 3.63) is 34.4 Å². The maximum Gasteiger partial charge on any atom is 0.328 e. The lowest BCUT2D eigenvalue weighted by molar-refractivity contribution is -0.384. The molecule has 21 heavy (non-hydrogen) atoms. The van der Waals surface area contributed by atoms with Crippen LogP contribution >= 0.6 is 0 Å². The van der Waals surface area contributed by atoms with Crippen LogP contribution in [-0.4, -0.2) is 41.0 Å². The molecule has 9 nitrogen and oxygen atoms in total. The summed E-state index contributed by atoms with van der Waals surface area (Å²) in [6, 6.07) is 5.77. The van der Waals surface area contributed by atoms with Crippen molar-refractivity contribution >= 4 is 17.6 Å². The van der Waals surface area contributed by atoms with Crippen LogP contribution in [0, 0.1) is 10.1 Å². The van der Waals surface area contributed by atoms with Crippen molar-refractivity contribution in [3.63, 3.8) is 0 Å². The largest absolute Gasteiger partial charge is 0.424 e. The van der Waals surface area contributed by atoms with Crippen LogP contribution in [0.15, 0.2) is 24.3 Å². The lowest BCUT2D eigenvalue weighted by Crippen LogP contribution is -2.15. The van der Waals surface area contributed by atoms with Crippen LogP contribution in [0.1, 0.15) is 0 Å². The van der Waals surface area contributed by atoms with Crippen LogP contribution in [0.4, 0.5) is 17.6 Å². The van der Waals surface area contributed by atoms with Gasteiger partial charge in [-0.15, -0.1) is 0 Å². The number of non-ortho nitro benzene ring substituents is 1. The summed E-state index contributed by atoms with van der Waals surface area (Å²) in [5.41, 5.74) is -0.0112. The summed E-state index contributed by atoms with van der Waals surface area (Å²) in [5, 5.41) is 13.4. The van der Waals surface area contributed by atoms with Gasteiger partial charge in [0.25, 0.3) is 5.69 Å². The Morgan fingerprint density at radius 3 is 2.38 bits per heavy atom. The molecule has 0 amide bonds. The standard InChI is InChI=1S/C12H14N6O3/c1-13-10-14-11(17(2)3)16-12(15-10)21-9-6-4-8(5-7-9)18(19)20/h4-7H,1-3H3,(H,13,14,15,16). The molecule has 0 radical (unpaired) electrons. The Balaban J connectivity index is 2.25. The van der Waals surface area contributed by atoms with E-state index in [2.05, 4.69) is 20.3 Å². The molecule has 0 fully saturated rings. The van der Waals surface area contributed by atoms with Crippen LogP contribution in [0.5, 0.6) is 11.8 Å². The first kappa shape index (κ1) is 14.4. The number of hydrogen-bond donors (Lipinski definition) is 1. The van der Waals surface area contributed by atoms with E-state index in [1.54, 1.807) is 26.0 Å². The molecule has 0 saturated heterocycles. The third-order valence-corrected chi connectivity index (χ3v) is 2.48. The number of rotatable bonds is 5. The van der Waals surface area contributed by atoms with Crippen LogP contribution < -0.4 is 15.0 Å². The topological polar surface area (TPSA) is 106 Å². The number of hydrogen-bond acceptors (Lipinski definition) is 8. The first-order chi connectivity index (χ1) is 9.99. The lowest BCUT2D eigenvalue weighted by atomic mass is 10.3. The molecule has 0 unspecified atom stereocenters. The number of nitro groups is 1. The van der Waals surface area contributed by atoms with Gasteiger partial charge in [-0.05, 0) is 12.1 Å². The Morgan fingerprint density at radius 1 is 1.19 bits per heavy atom. The van der Waals surface area contributed by atoms with E-state index < -0.39 is 4.92 Å². The van der Waals surface area contributed by atoms with Crippen molar-refractivity contribution in [1.82, 2.24) is 15.0 Å². The van der Waals surface area contributed by atoms with Gasteiger partial charge in [-0.3, -0.25) is 10.1 Å². The molecule has 1 N–H and O–H groups in total. The fourth-order valence-electron chi connectivity index (χ4n) is 1.44. The summed E-state index contributed by atoms with van der Waals surface area (Å²) < 4.78 is 5.49. The quantitative estimate of drug-likeness (QED) is 0.654. The number of anilines is 2. The van der Waals surface area contributed by atoms with E-state index in [9.17, 15) is 10.1 Å². The molecule has 0 spiro atoms. The summed E-state index contributed by atoms with van der Waals surface area (Å²) in [5.74, 6) is 1.20. The Bertz CT molecular complexity index is 644. The minimum atomic E-state index is -0.476. The molecule has 9 heteroatoms. The molecule has 1 aromatic heterocycles. The average Bonchev–Trinajstić information content (AvgIpc) is 2.47. The van der Waals surface area contributed by atoms with Crippen LogP contribution in [0.2, 0.25) is 0 Å². The second-order valence-corrected chi connectivity index (χ2v) is 4.24. The molecule has 2 aromatic rings. The highest BCUT2D eigenvalue weighted by Crippen LogP contribution is 2.23. The van der Waals surface area contributed by atoms with E-state index in [1.807, 2.05) is 0 Å². The molecule has 1 aromatic carbocycles. The van der Waals surface area contributed by atoms with E-state index in [4.69, 9.17) is 4.74 Å². The number of benzene rings is 1.